The highest BCUT2D eigenvalue weighted by molar-refractivity contribution is 5.71. The van der Waals surface area contributed by atoms with Crippen LogP contribution in [0.4, 0.5) is 18.9 Å². The molecule has 1 atom stereocenters. The average Bonchev–Trinajstić information content (AvgIpc) is 2.30. The van der Waals surface area contributed by atoms with Crippen molar-refractivity contribution >= 4 is 11.7 Å². The van der Waals surface area contributed by atoms with Crippen LogP contribution in [0.5, 0.6) is 0 Å². The van der Waals surface area contributed by atoms with Crippen LogP contribution < -0.4 is 4.90 Å². The molecule has 6 heteroatoms. The van der Waals surface area contributed by atoms with Gasteiger partial charge in [0.15, 0.2) is 0 Å². The number of hydrogen-bond donors (Lipinski definition) is 1. The third-order valence-electron chi connectivity index (χ3n) is 3.43. The van der Waals surface area contributed by atoms with Crippen LogP contribution in [0.25, 0.3) is 0 Å². The van der Waals surface area contributed by atoms with Crippen molar-refractivity contribution in [2.24, 2.45) is 0 Å². The quantitative estimate of drug-likeness (QED) is 0.900. The molecule has 1 heterocycles. The molecule has 2 rings (SSSR count). The molecule has 1 aliphatic heterocycles. The lowest BCUT2D eigenvalue weighted by Gasteiger charge is -2.34. The topological polar surface area (TPSA) is 40.5 Å². The second kappa shape index (κ2) is 4.75. The van der Waals surface area contributed by atoms with Crippen LogP contribution in [0.2, 0.25) is 0 Å². The smallest absolute Gasteiger partial charge is 0.418 e. The second-order valence-corrected chi connectivity index (χ2v) is 4.75. The summed E-state index contributed by atoms with van der Waals surface area (Å²) < 4.78 is 39.0. The number of fused-ring (bicyclic) bond motifs is 1. The van der Waals surface area contributed by atoms with Gasteiger partial charge < -0.3 is 10.0 Å². The van der Waals surface area contributed by atoms with Gasteiger partial charge in [-0.25, -0.2) is 0 Å². The summed E-state index contributed by atoms with van der Waals surface area (Å²) in [5, 5.41) is 8.85. The molecular weight excluding hydrogens is 259 g/mol. The van der Waals surface area contributed by atoms with Gasteiger partial charge in [-0.05, 0) is 24.0 Å². The Kier molecular flexibility index (Phi) is 3.43. The van der Waals surface area contributed by atoms with E-state index in [1.165, 1.54) is 6.07 Å². The van der Waals surface area contributed by atoms with Crippen molar-refractivity contribution in [2.75, 3.05) is 18.5 Å². The molecule has 1 aromatic carbocycles. The Hall–Kier alpha value is -1.72. The number of para-hydroxylation sites is 1. The number of alkyl halides is 3. The fourth-order valence-corrected chi connectivity index (χ4v) is 2.59. The van der Waals surface area contributed by atoms with Crippen LogP contribution in [0, 0.1) is 0 Å². The normalized spacial score (nSPS) is 19.2. The van der Waals surface area contributed by atoms with E-state index in [0.717, 1.165) is 6.07 Å². The maximum absolute atomic E-state index is 13.0. The average molecular weight is 273 g/mol. The molecule has 104 valence electrons. The summed E-state index contributed by atoms with van der Waals surface area (Å²) in [5.41, 5.74) is -0.0962. The Morgan fingerprint density at radius 1 is 1.47 bits per heavy atom. The van der Waals surface area contributed by atoms with E-state index in [9.17, 15) is 18.0 Å². The van der Waals surface area contributed by atoms with Crippen LogP contribution in [-0.2, 0) is 11.0 Å². The van der Waals surface area contributed by atoms with E-state index in [1.54, 1.807) is 18.0 Å². The molecule has 0 aliphatic carbocycles. The molecule has 1 aromatic rings. The number of halogens is 3. The lowest BCUT2D eigenvalue weighted by Crippen LogP contribution is -2.30. The minimum absolute atomic E-state index is 0.118. The number of benzene rings is 1. The van der Waals surface area contributed by atoms with Crippen molar-refractivity contribution in [3.05, 3.63) is 29.3 Å². The molecule has 1 N–H and O–H groups in total. The predicted octanol–water partition coefficient (Wildman–Crippen LogP) is 3.10. The molecule has 1 unspecified atom stereocenters. The monoisotopic (exact) mass is 273 g/mol. The van der Waals surface area contributed by atoms with E-state index in [2.05, 4.69) is 0 Å². The van der Waals surface area contributed by atoms with E-state index in [1.807, 2.05) is 0 Å². The van der Waals surface area contributed by atoms with Gasteiger partial charge in [0, 0.05) is 13.6 Å². The van der Waals surface area contributed by atoms with Crippen LogP contribution in [0.1, 0.15) is 29.9 Å². The number of carboxylic acids is 1. The SMILES string of the molecule is CN1CCC(CC(=O)O)c2cccc(C(F)(F)F)c21. The molecule has 0 aromatic heterocycles. The van der Waals surface area contributed by atoms with Crippen molar-refractivity contribution in [3.63, 3.8) is 0 Å². The van der Waals surface area contributed by atoms with Crippen molar-refractivity contribution in [3.8, 4) is 0 Å². The van der Waals surface area contributed by atoms with E-state index < -0.39 is 17.7 Å². The van der Waals surface area contributed by atoms with E-state index in [0.29, 0.717) is 18.5 Å². The lowest BCUT2D eigenvalue weighted by atomic mass is 9.86. The summed E-state index contributed by atoms with van der Waals surface area (Å²) in [6.07, 6.45) is -4.01. The molecule has 1 aliphatic rings. The number of carbonyl (C=O) groups is 1. The summed E-state index contributed by atoms with van der Waals surface area (Å²) in [6, 6.07) is 3.97. The molecule has 0 amide bonds. The van der Waals surface area contributed by atoms with Crippen LogP contribution in [0.15, 0.2) is 18.2 Å². The van der Waals surface area contributed by atoms with Gasteiger partial charge in [-0.15, -0.1) is 0 Å². The number of rotatable bonds is 2. The van der Waals surface area contributed by atoms with Crippen LogP contribution in [-0.4, -0.2) is 24.7 Å². The van der Waals surface area contributed by atoms with Crippen molar-refractivity contribution < 1.29 is 23.1 Å². The zero-order valence-corrected chi connectivity index (χ0v) is 10.4. The Balaban J connectivity index is 2.52. The maximum atomic E-state index is 13.0. The fraction of sp³-hybridized carbons (Fsp3) is 0.462. The summed E-state index contributed by atoms with van der Waals surface area (Å²) in [5.74, 6) is -1.34. The summed E-state index contributed by atoms with van der Waals surface area (Å²) in [6.45, 7) is 0.429. The first-order valence-corrected chi connectivity index (χ1v) is 5.93. The maximum Gasteiger partial charge on any atom is 0.418 e. The molecule has 0 spiro atoms. The second-order valence-electron chi connectivity index (χ2n) is 4.75. The minimum Gasteiger partial charge on any atom is -0.481 e. The van der Waals surface area contributed by atoms with Crippen molar-refractivity contribution in [2.45, 2.75) is 24.9 Å². The Bertz CT molecular complexity index is 499. The van der Waals surface area contributed by atoms with Gasteiger partial charge in [-0.2, -0.15) is 13.2 Å². The van der Waals surface area contributed by atoms with Crippen LogP contribution in [0.3, 0.4) is 0 Å². The Labute approximate surface area is 108 Å². The zero-order chi connectivity index (χ0) is 14.2. The number of nitrogens with zero attached hydrogens (tertiary/aromatic N) is 1. The van der Waals surface area contributed by atoms with Gasteiger partial charge in [0.2, 0.25) is 0 Å². The van der Waals surface area contributed by atoms with Crippen molar-refractivity contribution in [1.29, 1.82) is 0 Å². The highest BCUT2D eigenvalue weighted by Gasteiger charge is 2.38. The predicted molar refractivity (Wildman–Crippen MR) is 64.3 cm³/mol. The third-order valence-corrected chi connectivity index (χ3v) is 3.43. The number of hydrogen-bond acceptors (Lipinski definition) is 2. The van der Waals surface area contributed by atoms with Crippen LogP contribution >= 0.6 is 0 Å². The number of carboxylic acid groups (broad SMARTS) is 1. The first-order chi connectivity index (χ1) is 8.80. The largest absolute Gasteiger partial charge is 0.481 e. The molecule has 0 saturated carbocycles. The summed E-state index contributed by atoms with van der Waals surface area (Å²) >= 11 is 0. The van der Waals surface area contributed by atoms with Crippen molar-refractivity contribution in [1.82, 2.24) is 0 Å². The Morgan fingerprint density at radius 3 is 2.74 bits per heavy atom. The fourth-order valence-electron chi connectivity index (χ4n) is 2.59. The van der Waals surface area contributed by atoms with Gasteiger partial charge in [0.25, 0.3) is 0 Å². The first-order valence-electron chi connectivity index (χ1n) is 5.93. The van der Waals surface area contributed by atoms with E-state index in [4.69, 9.17) is 5.11 Å². The standard InChI is InChI=1S/C13H14F3NO2/c1-17-6-5-8(7-11(18)19)9-3-2-4-10(12(9)17)13(14,15)16/h2-4,8H,5-7H2,1H3,(H,18,19). The molecule has 0 radical (unpaired) electrons. The molecule has 19 heavy (non-hydrogen) atoms. The first kappa shape index (κ1) is 13.7. The van der Waals surface area contributed by atoms with Gasteiger partial charge in [-0.3, -0.25) is 4.79 Å². The van der Waals surface area contributed by atoms with E-state index >= 15 is 0 Å². The van der Waals surface area contributed by atoms with Gasteiger partial charge in [0.05, 0.1) is 17.7 Å². The Morgan fingerprint density at radius 2 is 2.16 bits per heavy atom. The van der Waals surface area contributed by atoms with Gasteiger partial charge in [-0.1, -0.05) is 12.1 Å². The summed E-state index contributed by atoms with van der Waals surface area (Å²) in [4.78, 5) is 12.4. The lowest BCUT2D eigenvalue weighted by molar-refractivity contribution is -0.137. The highest BCUT2D eigenvalue weighted by Crippen LogP contribution is 2.44. The molecule has 0 bridgehead atoms. The number of anilines is 1. The molecular formula is C13H14F3NO2. The zero-order valence-electron chi connectivity index (χ0n) is 10.4. The number of aliphatic carboxylic acids is 1. The third kappa shape index (κ3) is 2.67. The molecule has 3 nitrogen and oxygen atoms in total. The molecule has 0 fully saturated rings. The highest BCUT2D eigenvalue weighted by atomic mass is 19.4. The summed E-state index contributed by atoms with van der Waals surface area (Å²) in [7, 11) is 1.60. The van der Waals surface area contributed by atoms with E-state index in [-0.39, 0.29) is 18.0 Å². The van der Waals surface area contributed by atoms with Gasteiger partial charge >= 0.3 is 12.1 Å². The molecule has 0 saturated heterocycles. The minimum atomic E-state index is -4.43. The van der Waals surface area contributed by atoms with Gasteiger partial charge in [0.1, 0.15) is 0 Å².